The van der Waals surface area contributed by atoms with Crippen molar-refractivity contribution in [3.63, 3.8) is 0 Å². The third kappa shape index (κ3) is 4.04. The van der Waals surface area contributed by atoms with Gasteiger partial charge in [0, 0.05) is 17.1 Å². The van der Waals surface area contributed by atoms with E-state index in [9.17, 15) is 4.79 Å². The molecule has 0 aliphatic carbocycles. The van der Waals surface area contributed by atoms with Crippen LogP contribution in [0.3, 0.4) is 0 Å². The van der Waals surface area contributed by atoms with E-state index in [1.54, 1.807) is 18.3 Å². The number of rotatable bonds is 3. The van der Waals surface area contributed by atoms with Gasteiger partial charge in [0.15, 0.2) is 0 Å². The monoisotopic (exact) mass is 362 g/mol. The minimum absolute atomic E-state index is 0.203. The van der Waals surface area contributed by atoms with Gasteiger partial charge < -0.3 is 5.32 Å². The minimum atomic E-state index is -0.629. The molecule has 3 nitrogen and oxygen atoms in total. The summed E-state index contributed by atoms with van der Waals surface area (Å²) < 4.78 is 0. The van der Waals surface area contributed by atoms with E-state index in [0.717, 1.165) is 10.9 Å². The van der Waals surface area contributed by atoms with Gasteiger partial charge in [0.2, 0.25) is 0 Å². The molecule has 1 amide bonds. The first-order valence-corrected chi connectivity index (χ1v) is 8.83. The number of carbonyl (C=O) groups excluding carboxylic acids is 1. The van der Waals surface area contributed by atoms with Gasteiger partial charge in [0.05, 0.1) is 21.6 Å². The van der Waals surface area contributed by atoms with E-state index in [0.29, 0.717) is 22.5 Å². The molecule has 4 heteroatoms. The average Bonchev–Trinajstić information content (AvgIpc) is 2.67. The number of hydrogen-bond donors (Lipinski definition) is 1. The summed E-state index contributed by atoms with van der Waals surface area (Å²) in [5.41, 5.74) is 1.47. The molecule has 1 heterocycles. The lowest BCUT2D eigenvalue weighted by molar-refractivity contribution is 0.0923. The van der Waals surface area contributed by atoms with Crippen molar-refractivity contribution >= 4 is 28.4 Å². The van der Waals surface area contributed by atoms with Crippen molar-refractivity contribution in [2.75, 3.05) is 0 Å². The van der Waals surface area contributed by atoms with Gasteiger partial charge in [0.25, 0.3) is 5.91 Å². The normalized spacial score (nSPS) is 12.7. The smallest absolute Gasteiger partial charge is 0.254 e. The Morgan fingerprint density at radius 2 is 1.96 bits per heavy atom. The van der Waals surface area contributed by atoms with Crippen molar-refractivity contribution in [2.24, 2.45) is 0 Å². The van der Waals surface area contributed by atoms with Gasteiger partial charge in [-0.15, -0.1) is 0 Å². The molecule has 0 fully saturated rings. The second kappa shape index (κ2) is 7.59. The van der Waals surface area contributed by atoms with Crippen LogP contribution < -0.4 is 5.32 Å². The molecule has 0 aliphatic heterocycles. The van der Waals surface area contributed by atoms with Crippen molar-refractivity contribution in [3.05, 3.63) is 76.9 Å². The van der Waals surface area contributed by atoms with Crippen molar-refractivity contribution in [3.8, 4) is 11.8 Å². The standard InChI is InChI=1S/C22H19ClN2O/c1-3-22(2,13-12-16-8-5-4-6-9-16)25-21(26)18-14-17-10-7-11-19(23)20(17)24-15-18/h4-11,14-15H,3H2,1-2H3,(H,25,26). The number of benzene rings is 2. The van der Waals surface area contributed by atoms with E-state index in [-0.39, 0.29) is 5.91 Å². The largest absolute Gasteiger partial charge is 0.336 e. The minimum Gasteiger partial charge on any atom is -0.336 e. The van der Waals surface area contributed by atoms with E-state index in [2.05, 4.69) is 22.1 Å². The zero-order valence-corrected chi connectivity index (χ0v) is 15.5. The predicted molar refractivity (Wildman–Crippen MR) is 106 cm³/mol. The Hall–Kier alpha value is -2.83. The summed E-state index contributed by atoms with van der Waals surface area (Å²) in [6.45, 7) is 3.92. The Balaban J connectivity index is 1.84. The first kappa shape index (κ1) is 18.0. The summed E-state index contributed by atoms with van der Waals surface area (Å²) in [5, 5.41) is 4.43. The molecule has 1 atom stereocenters. The summed E-state index contributed by atoms with van der Waals surface area (Å²) in [4.78, 5) is 17.0. The van der Waals surface area contributed by atoms with Crippen molar-refractivity contribution in [2.45, 2.75) is 25.8 Å². The molecule has 2 aromatic carbocycles. The first-order chi connectivity index (χ1) is 12.5. The zero-order valence-electron chi connectivity index (χ0n) is 14.7. The molecule has 130 valence electrons. The highest BCUT2D eigenvalue weighted by Crippen LogP contribution is 2.22. The van der Waals surface area contributed by atoms with Gasteiger partial charge in [0.1, 0.15) is 0 Å². The van der Waals surface area contributed by atoms with Crippen LogP contribution in [0.2, 0.25) is 5.02 Å². The molecular weight excluding hydrogens is 344 g/mol. The maximum absolute atomic E-state index is 12.7. The molecule has 3 aromatic rings. The number of halogens is 1. The topological polar surface area (TPSA) is 42.0 Å². The van der Waals surface area contributed by atoms with Gasteiger partial charge in [-0.25, -0.2) is 0 Å². The highest BCUT2D eigenvalue weighted by molar-refractivity contribution is 6.35. The summed E-state index contributed by atoms with van der Waals surface area (Å²) in [6, 6.07) is 17.0. The number of aromatic nitrogens is 1. The molecule has 0 saturated heterocycles. The lowest BCUT2D eigenvalue weighted by Gasteiger charge is -2.23. The number of nitrogens with one attached hydrogen (secondary N) is 1. The molecule has 1 aromatic heterocycles. The van der Waals surface area contributed by atoms with Crippen LogP contribution in [0.15, 0.2) is 60.8 Å². The lowest BCUT2D eigenvalue weighted by Crippen LogP contribution is -2.44. The fourth-order valence-corrected chi connectivity index (χ4v) is 2.74. The van der Waals surface area contributed by atoms with Gasteiger partial charge in [-0.05, 0) is 37.6 Å². The van der Waals surface area contributed by atoms with Gasteiger partial charge in [-0.1, -0.05) is 60.7 Å². The summed E-state index contributed by atoms with van der Waals surface area (Å²) in [7, 11) is 0. The summed E-state index contributed by atoms with van der Waals surface area (Å²) in [6.07, 6.45) is 2.23. The van der Waals surface area contributed by atoms with Crippen LogP contribution in [0.4, 0.5) is 0 Å². The molecule has 1 N–H and O–H groups in total. The summed E-state index contributed by atoms with van der Waals surface area (Å²) >= 11 is 6.14. The van der Waals surface area contributed by atoms with Crippen LogP contribution in [0, 0.1) is 11.8 Å². The Bertz CT molecular complexity index is 1000. The zero-order chi connectivity index (χ0) is 18.6. The SMILES string of the molecule is CCC(C)(C#Cc1ccccc1)NC(=O)c1cnc2c(Cl)cccc2c1. The first-order valence-electron chi connectivity index (χ1n) is 8.46. The number of fused-ring (bicyclic) bond motifs is 1. The average molecular weight is 363 g/mol. The maximum atomic E-state index is 12.7. The van der Waals surface area contributed by atoms with Crippen LogP contribution in [0.1, 0.15) is 36.2 Å². The van der Waals surface area contributed by atoms with Gasteiger partial charge in [-0.2, -0.15) is 0 Å². The number of carbonyl (C=O) groups is 1. The number of pyridine rings is 1. The van der Waals surface area contributed by atoms with Crippen LogP contribution in [-0.4, -0.2) is 16.4 Å². The lowest BCUT2D eigenvalue weighted by atomic mass is 9.98. The van der Waals surface area contributed by atoms with Crippen LogP contribution >= 0.6 is 11.6 Å². The molecule has 0 spiro atoms. The van der Waals surface area contributed by atoms with Crippen molar-refractivity contribution in [1.82, 2.24) is 10.3 Å². The quantitative estimate of drug-likeness (QED) is 0.677. The molecule has 1 unspecified atom stereocenters. The third-order valence-electron chi connectivity index (χ3n) is 4.28. The second-order valence-corrected chi connectivity index (χ2v) is 6.70. The molecule has 0 aliphatic rings. The van der Waals surface area contributed by atoms with E-state index in [4.69, 9.17) is 11.6 Å². The Morgan fingerprint density at radius 1 is 1.19 bits per heavy atom. The van der Waals surface area contributed by atoms with Crippen LogP contribution in [0.25, 0.3) is 10.9 Å². The fourth-order valence-electron chi connectivity index (χ4n) is 2.51. The van der Waals surface area contributed by atoms with Crippen LogP contribution in [-0.2, 0) is 0 Å². The molecular formula is C22H19ClN2O. The molecule has 0 saturated carbocycles. The summed E-state index contributed by atoms with van der Waals surface area (Å²) in [5.74, 6) is 6.12. The Morgan fingerprint density at radius 3 is 2.69 bits per heavy atom. The number of amides is 1. The number of para-hydroxylation sites is 1. The molecule has 26 heavy (non-hydrogen) atoms. The molecule has 0 radical (unpaired) electrons. The van der Waals surface area contributed by atoms with E-state index < -0.39 is 5.54 Å². The van der Waals surface area contributed by atoms with E-state index in [1.165, 1.54) is 0 Å². The highest BCUT2D eigenvalue weighted by Gasteiger charge is 2.22. The number of nitrogens with zero attached hydrogens (tertiary/aromatic N) is 1. The maximum Gasteiger partial charge on any atom is 0.254 e. The van der Waals surface area contributed by atoms with E-state index in [1.807, 2.05) is 56.3 Å². The van der Waals surface area contributed by atoms with E-state index >= 15 is 0 Å². The Kier molecular flexibility index (Phi) is 5.25. The van der Waals surface area contributed by atoms with Gasteiger partial charge >= 0.3 is 0 Å². The number of hydrogen-bond acceptors (Lipinski definition) is 2. The van der Waals surface area contributed by atoms with Crippen LogP contribution in [0.5, 0.6) is 0 Å². The fraction of sp³-hybridized carbons (Fsp3) is 0.182. The molecule has 3 rings (SSSR count). The van der Waals surface area contributed by atoms with Crippen molar-refractivity contribution < 1.29 is 4.79 Å². The highest BCUT2D eigenvalue weighted by atomic mass is 35.5. The molecule has 0 bridgehead atoms. The van der Waals surface area contributed by atoms with Gasteiger partial charge in [-0.3, -0.25) is 9.78 Å². The third-order valence-corrected chi connectivity index (χ3v) is 4.58. The second-order valence-electron chi connectivity index (χ2n) is 6.29. The Labute approximate surface area is 158 Å². The van der Waals surface area contributed by atoms with Crippen molar-refractivity contribution in [1.29, 1.82) is 0 Å². The predicted octanol–water partition coefficient (Wildman–Crippen LogP) is 4.84.